The highest BCUT2D eigenvalue weighted by molar-refractivity contribution is 6.04. The van der Waals surface area contributed by atoms with Crippen LogP contribution >= 0.6 is 0 Å². The Balaban J connectivity index is 1.65. The first-order valence-corrected chi connectivity index (χ1v) is 9.90. The average molecular weight is 437 g/mol. The Morgan fingerprint density at radius 2 is 1.84 bits per heavy atom. The Bertz CT molecular complexity index is 1190. The van der Waals surface area contributed by atoms with Gasteiger partial charge in [0.2, 0.25) is 0 Å². The topological polar surface area (TPSA) is 73.3 Å². The van der Waals surface area contributed by atoms with E-state index in [-0.39, 0.29) is 5.82 Å². The summed E-state index contributed by atoms with van der Waals surface area (Å²) >= 11 is 0. The van der Waals surface area contributed by atoms with E-state index in [4.69, 9.17) is 9.47 Å². The zero-order valence-corrected chi connectivity index (χ0v) is 17.8. The number of rotatable bonds is 5. The van der Waals surface area contributed by atoms with Crippen molar-refractivity contribution in [1.29, 1.82) is 0 Å². The lowest BCUT2D eigenvalue weighted by atomic mass is 9.91. The number of amides is 1. The van der Waals surface area contributed by atoms with Crippen LogP contribution in [0.1, 0.15) is 34.1 Å². The third kappa shape index (κ3) is 4.09. The number of methoxy groups -OCH3 is 1. The van der Waals surface area contributed by atoms with Gasteiger partial charge in [-0.1, -0.05) is 24.3 Å². The Kier molecular flexibility index (Phi) is 5.71. The quantitative estimate of drug-likeness (QED) is 0.634. The van der Waals surface area contributed by atoms with Gasteiger partial charge in [-0.3, -0.25) is 9.78 Å². The van der Waals surface area contributed by atoms with Crippen LogP contribution in [0.2, 0.25) is 0 Å². The van der Waals surface area contributed by atoms with E-state index in [0.29, 0.717) is 12.3 Å². The summed E-state index contributed by atoms with van der Waals surface area (Å²) in [7, 11) is 1.60. The van der Waals surface area contributed by atoms with Crippen molar-refractivity contribution in [1.82, 2.24) is 9.97 Å². The Labute approximate surface area is 183 Å². The monoisotopic (exact) mass is 437 g/mol. The lowest BCUT2D eigenvalue weighted by molar-refractivity contribution is 0.0369. The van der Waals surface area contributed by atoms with Crippen molar-refractivity contribution in [3.05, 3.63) is 88.9 Å². The molecule has 6 nitrogen and oxygen atoms in total. The van der Waals surface area contributed by atoms with Gasteiger partial charge in [-0.15, -0.1) is 0 Å². The molecule has 164 valence electrons. The van der Waals surface area contributed by atoms with Gasteiger partial charge in [0.1, 0.15) is 28.5 Å². The largest absolute Gasteiger partial charge is 0.480 e. The van der Waals surface area contributed by atoms with E-state index in [1.54, 1.807) is 7.11 Å². The smallest absolute Gasteiger partial charge is 0.262 e. The van der Waals surface area contributed by atoms with Crippen molar-refractivity contribution in [3.63, 3.8) is 0 Å². The lowest BCUT2D eigenvalue weighted by Crippen LogP contribution is -2.38. The molecular weight excluding hydrogens is 416 g/mol. The number of halogens is 2. The summed E-state index contributed by atoms with van der Waals surface area (Å²) in [6, 6.07) is 9.03. The van der Waals surface area contributed by atoms with Gasteiger partial charge in [0.25, 0.3) is 5.91 Å². The van der Waals surface area contributed by atoms with Gasteiger partial charge in [-0.2, -0.15) is 0 Å². The van der Waals surface area contributed by atoms with Crippen LogP contribution in [0.4, 0.5) is 14.6 Å². The van der Waals surface area contributed by atoms with Gasteiger partial charge < -0.3 is 14.8 Å². The second-order valence-electron chi connectivity index (χ2n) is 7.70. The Hall–Kier alpha value is -3.65. The lowest BCUT2D eigenvalue weighted by Gasteiger charge is -2.34. The van der Waals surface area contributed by atoms with E-state index in [9.17, 15) is 13.6 Å². The number of para-hydroxylation sites is 1. The molecule has 0 bridgehead atoms. The number of fused-ring (bicyclic) bond motifs is 1. The SMILES string of the molecule is COCC1(C)C=C(c2cnc(NC(=O)c3c(F)cccc3F)cn2)c2cccc(C)c2O1. The van der Waals surface area contributed by atoms with Gasteiger partial charge in [0, 0.05) is 18.2 Å². The van der Waals surface area contributed by atoms with E-state index >= 15 is 0 Å². The van der Waals surface area contributed by atoms with Crippen molar-refractivity contribution in [2.75, 3.05) is 19.0 Å². The molecule has 1 unspecified atom stereocenters. The van der Waals surface area contributed by atoms with E-state index in [0.717, 1.165) is 34.6 Å². The molecule has 8 heteroatoms. The fourth-order valence-corrected chi connectivity index (χ4v) is 3.64. The first-order chi connectivity index (χ1) is 15.3. The first kappa shape index (κ1) is 21.6. The summed E-state index contributed by atoms with van der Waals surface area (Å²) in [6.07, 6.45) is 4.75. The number of aromatic nitrogens is 2. The van der Waals surface area contributed by atoms with Crippen molar-refractivity contribution >= 4 is 17.3 Å². The number of nitrogens with zero attached hydrogens (tertiary/aromatic N) is 2. The molecule has 1 N–H and O–H groups in total. The van der Waals surface area contributed by atoms with Gasteiger partial charge >= 0.3 is 0 Å². The summed E-state index contributed by atoms with van der Waals surface area (Å²) in [5.41, 5.74) is 1.81. The van der Waals surface area contributed by atoms with Crippen LogP contribution in [0.5, 0.6) is 5.75 Å². The summed E-state index contributed by atoms with van der Waals surface area (Å²) < 4.78 is 39.3. The maximum atomic E-state index is 13.9. The number of carbonyl (C=O) groups is 1. The van der Waals surface area contributed by atoms with Crippen LogP contribution in [0.15, 0.2) is 54.9 Å². The molecule has 3 aromatic rings. The molecular formula is C24H21F2N3O3. The number of benzene rings is 2. The molecule has 0 saturated carbocycles. The number of hydrogen-bond acceptors (Lipinski definition) is 5. The predicted octanol–water partition coefficient (Wildman–Crippen LogP) is 4.54. The molecule has 4 rings (SSSR count). The minimum Gasteiger partial charge on any atom is -0.480 e. The van der Waals surface area contributed by atoms with E-state index in [2.05, 4.69) is 15.3 Å². The van der Waals surface area contributed by atoms with Crippen LogP contribution in [0.3, 0.4) is 0 Å². The minimum absolute atomic E-state index is 0.0678. The fraction of sp³-hybridized carbons (Fsp3) is 0.208. The van der Waals surface area contributed by atoms with Crippen LogP contribution in [-0.4, -0.2) is 35.2 Å². The molecule has 1 aromatic heterocycles. The van der Waals surface area contributed by atoms with E-state index in [1.807, 2.05) is 38.1 Å². The summed E-state index contributed by atoms with van der Waals surface area (Å²) in [5, 5.41) is 2.38. The number of nitrogens with one attached hydrogen (secondary N) is 1. The molecule has 0 saturated heterocycles. The van der Waals surface area contributed by atoms with Crippen LogP contribution in [0, 0.1) is 18.6 Å². The molecule has 2 heterocycles. The zero-order valence-electron chi connectivity index (χ0n) is 17.8. The summed E-state index contributed by atoms with van der Waals surface area (Å²) in [5.74, 6) is -2.05. The van der Waals surface area contributed by atoms with Crippen molar-refractivity contribution < 1.29 is 23.0 Å². The molecule has 0 fully saturated rings. The maximum absolute atomic E-state index is 13.9. The number of carbonyl (C=O) groups excluding carboxylic acids is 1. The molecule has 1 atom stereocenters. The number of ether oxygens (including phenoxy) is 2. The third-order valence-corrected chi connectivity index (χ3v) is 5.08. The van der Waals surface area contributed by atoms with Gasteiger partial charge in [0.15, 0.2) is 5.82 Å². The van der Waals surface area contributed by atoms with Crippen LogP contribution in [-0.2, 0) is 4.74 Å². The molecule has 2 aromatic carbocycles. The third-order valence-electron chi connectivity index (χ3n) is 5.08. The zero-order chi connectivity index (χ0) is 22.9. The van der Waals surface area contributed by atoms with Gasteiger partial charge in [0.05, 0.1) is 24.7 Å². The van der Waals surface area contributed by atoms with Gasteiger partial charge in [-0.25, -0.2) is 13.8 Å². The Morgan fingerprint density at radius 1 is 1.12 bits per heavy atom. The summed E-state index contributed by atoms with van der Waals surface area (Å²) in [6.45, 7) is 4.21. The molecule has 1 amide bonds. The predicted molar refractivity (Wildman–Crippen MR) is 116 cm³/mol. The number of aryl methyl sites for hydroxylation is 1. The van der Waals surface area contributed by atoms with Gasteiger partial charge in [-0.05, 0) is 37.6 Å². The number of hydrogen-bond donors (Lipinski definition) is 1. The van der Waals surface area contributed by atoms with Crippen molar-refractivity contribution in [3.8, 4) is 5.75 Å². The second-order valence-corrected chi connectivity index (χ2v) is 7.70. The average Bonchev–Trinajstić information content (AvgIpc) is 2.74. The van der Waals surface area contributed by atoms with Crippen LogP contribution in [0.25, 0.3) is 5.57 Å². The minimum atomic E-state index is -0.955. The van der Waals surface area contributed by atoms with Crippen LogP contribution < -0.4 is 10.1 Å². The van der Waals surface area contributed by atoms with Crippen molar-refractivity contribution in [2.45, 2.75) is 19.4 Å². The first-order valence-electron chi connectivity index (χ1n) is 9.90. The molecule has 1 aliphatic heterocycles. The standard InChI is InChI=1S/C24H21F2N3O3/c1-14-6-4-7-15-16(10-24(2,13-31-3)32-22(14)15)19-11-28-20(12-27-19)29-23(30)21-17(25)8-5-9-18(21)26/h4-12H,13H2,1-3H3,(H,28,29,30). The van der Waals surface area contributed by atoms with Crippen molar-refractivity contribution in [2.24, 2.45) is 0 Å². The fourth-order valence-electron chi connectivity index (χ4n) is 3.64. The second kappa shape index (κ2) is 8.47. The van der Waals surface area contributed by atoms with E-state index < -0.39 is 28.7 Å². The summed E-state index contributed by atoms with van der Waals surface area (Å²) in [4.78, 5) is 20.9. The molecule has 1 aliphatic rings. The Morgan fingerprint density at radius 3 is 2.50 bits per heavy atom. The van der Waals surface area contributed by atoms with E-state index in [1.165, 1.54) is 18.5 Å². The molecule has 0 radical (unpaired) electrons. The number of anilines is 1. The highest BCUT2D eigenvalue weighted by Gasteiger charge is 2.33. The highest BCUT2D eigenvalue weighted by atomic mass is 19.1. The maximum Gasteiger partial charge on any atom is 0.262 e. The highest BCUT2D eigenvalue weighted by Crippen LogP contribution is 2.40. The normalized spacial score (nSPS) is 17.2. The molecule has 32 heavy (non-hydrogen) atoms. The molecule has 0 spiro atoms. The molecule has 0 aliphatic carbocycles.